The van der Waals surface area contributed by atoms with E-state index in [1.807, 2.05) is 13.8 Å². The summed E-state index contributed by atoms with van der Waals surface area (Å²) in [6.45, 7) is 3.94. The molecule has 1 fully saturated rings. The van der Waals surface area contributed by atoms with Crippen LogP contribution in [-0.4, -0.2) is 21.2 Å². The number of carboxylic acid groups (broad SMARTS) is 1. The molecule has 0 amide bonds. The van der Waals surface area contributed by atoms with E-state index in [0.717, 1.165) is 24.2 Å². The maximum atomic E-state index is 11.4. The molecule has 0 atom stereocenters. The number of carbonyl (C=O) groups is 1. The van der Waals surface area contributed by atoms with Gasteiger partial charge in [0.2, 0.25) is 0 Å². The van der Waals surface area contributed by atoms with E-state index in [1.54, 1.807) is 6.07 Å². The number of aromatic carboxylic acids is 1. The SMILES string of the molecule is CC(C)c1cc(C(=O)O)c2c(C3CC3)noc2n1. The zero-order valence-electron chi connectivity index (χ0n) is 10.3. The number of hydrogen-bond acceptors (Lipinski definition) is 4. The summed E-state index contributed by atoms with van der Waals surface area (Å²) in [5.74, 6) is -0.451. The van der Waals surface area contributed by atoms with E-state index in [0.29, 0.717) is 17.0 Å². The summed E-state index contributed by atoms with van der Waals surface area (Å²) in [6.07, 6.45) is 2.10. The molecule has 5 nitrogen and oxygen atoms in total. The Morgan fingerprint density at radius 3 is 2.78 bits per heavy atom. The second-order valence-corrected chi connectivity index (χ2v) is 5.08. The molecule has 3 rings (SSSR count). The molecule has 1 aliphatic rings. The first-order chi connectivity index (χ1) is 8.58. The Hall–Kier alpha value is -1.91. The van der Waals surface area contributed by atoms with E-state index in [2.05, 4.69) is 10.1 Å². The van der Waals surface area contributed by atoms with Crippen molar-refractivity contribution >= 4 is 17.1 Å². The molecule has 1 N–H and O–H groups in total. The molecule has 1 saturated carbocycles. The lowest BCUT2D eigenvalue weighted by Gasteiger charge is -2.05. The Bertz CT molecular complexity index is 626. The third kappa shape index (κ3) is 1.66. The van der Waals surface area contributed by atoms with E-state index < -0.39 is 5.97 Å². The van der Waals surface area contributed by atoms with Gasteiger partial charge in [0.15, 0.2) is 0 Å². The molecule has 2 aromatic rings. The molecule has 0 aromatic carbocycles. The summed E-state index contributed by atoms with van der Waals surface area (Å²) < 4.78 is 5.21. The number of pyridine rings is 1. The van der Waals surface area contributed by atoms with Crippen molar-refractivity contribution in [3.8, 4) is 0 Å². The molecule has 0 saturated heterocycles. The summed E-state index contributed by atoms with van der Waals surface area (Å²) in [5.41, 5.74) is 2.08. The van der Waals surface area contributed by atoms with Crippen LogP contribution in [0.5, 0.6) is 0 Å². The molecular weight excluding hydrogens is 232 g/mol. The third-order valence-corrected chi connectivity index (χ3v) is 3.28. The summed E-state index contributed by atoms with van der Waals surface area (Å²) in [7, 11) is 0. The van der Waals surface area contributed by atoms with Gasteiger partial charge < -0.3 is 9.63 Å². The molecule has 0 aliphatic heterocycles. The Morgan fingerprint density at radius 2 is 2.22 bits per heavy atom. The zero-order valence-corrected chi connectivity index (χ0v) is 10.3. The first-order valence-electron chi connectivity index (χ1n) is 6.11. The van der Waals surface area contributed by atoms with Crippen LogP contribution >= 0.6 is 0 Å². The zero-order chi connectivity index (χ0) is 12.9. The number of carboxylic acids is 1. The lowest BCUT2D eigenvalue weighted by Crippen LogP contribution is -2.03. The number of nitrogens with zero attached hydrogens (tertiary/aromatic N) is 2. The van der Waals surface area contributed by atoms with Gasteiger partial charge >= 0.3 is 5.97 Å². The van der Waals surface area contributed by atoms with Gasteiger partial charge in [0.1, 0.15) is 0 Å². The quantitative estimate of drug-likeness (QED) is 0.901. The average Bonchev–Trinajstić information content (AvgIpc) is 3.07. The summed E-state index contributed by atoms with van der Waals surface area (Å²) in [5, 5.41) is 13.9. The van der Waals surface area contributed by atoms with Crippen LogP contribution in [0.4, 0.5) is 0 Å². The highest BCUT2D eigenvalue weighted by Crippen LogP contribution is 2.43. The van der Waals surface area contributed by atoms with Gasteiger partial charge in [-0.15, -0.1) is 0 Å². The van der Waals surface area contributed by atoms with Crippen LogP contribution in [0.2, 0.25) is 0 Å². The van der Waals surface area contributed by atoms with E-state index in [1.165, 1.54) is 0 Å². The first kappa shape index (κ1) is 11.2. The van der Waals surface area contributed by atoms with E-state index in [4.69, 9.17) is 4.52 Å². The Morgan fingerprint density at radius 1 is 1.50 bits per heavy atom. The lowest BCUT2D eigenvalue weighted by molar-refractivity contribution is 0.0698. The maximum Gasteiger partial charge on any atom is 0.336 e. The van der Waals surface area contributed by atoms with Crippen LogP contribution in [0.1, 0.15) is 60.3 Å². The van der Waals surface area contributed by atoms with Crippen molar-refractivity contribution in [2.75, 3.05) is 0 Å². The van der Waals surface area contributed by atoms with Crippen molar-refractivity contribution in [2.45, 2.75) is 38.5 Å². The fourth-order valence-corrected chi connectivity index (χ4v) is 2.09. The molecule has 0 radical (unpaired) electrons. The minimum atomic E-state index is -0.950. The van der Waals surface area contributed by atoms with E-state index in [-0.39, 0.29) is 11.5 Å². The number of hydrogen-bond donors (Lipinski definition) is 1. The molecule has 1 aliphatic carbocycles. The van der Waals surface area contributed by atoms with E-state index in [9.17, 15) is 9.90 Å². The minimum absolute atomic E-state index is 0.155. The van der Waals surface area contributed by atoms with Crippen LogP contribution in [0.15, 0.2) is 10.6 Å². The van der Waals surface area contributed by atoms with Gasteiger partial charge in [-0.3, -0.25) is 0 Å². The molecule has 2 aromatic heterocycles. The standard InChI is InChI=1S/C13H14N2O3/c1-6(2)9-5-8(13(16)17)10-11(7-3-4-7)15-18-12(10)14-9/h5-7H,3-4H2,1-2H3,(H,16,17). The van der Waals surface area contributed by atoms with Crippen molar-refractivity contribution < 1.29 is 14.4 Å². The van der Waals surface area contributed by atoms with Gasteiger partial charge in [-0.2, -0.15) is 0 Å². The Labute approximate surface area is 104 Å². The van der Waals surface area contributed by atoms with Gasteiger partial charge in [0.05, 0.1) is 16.6 Å². The molecule has 0 unspecified atom stereocenters. The van der Waals surface area contributed by atoms with E-state index >= 15 is 0 Å². The van der Waals surface area contributed by atoms with Crippen LogP contribution in [-0.2, 0) is 0 Å². The molecule has 94 valence electrons. The topological polar surface area (TPSA) is 76.2 Å². The Balaban J connectivity index is 2.29. The number of aromatic nitrogens is 2. The second kappa shape index (κ2) is 3.80. The van der Waals surface area contributed by atoms with Gasteiger partial charge in [0.25, 0.3) is 5.71 Å². The molecule has 2 heterocycles. The van der Waals surface area contributed by atoms with Crippen LogP contribution < -0.4 is 0 Å². The van der Waals surface area contributed by atoms with Crippen LogP contribution in [0.3, 0.4) is 0 Å². The first-order valence-corrected chi connectivity index (χ1v) is 6.11. The van der Waals surface area contributed by atoms with Crippen LogP contribution in [0, 0.1) is 0 Å². The van der Waals surface area contributed by atoms with Crippen molar-refractivity contribution in [2.24, 2.45) is 0 Å². The summed E-state index contributed by atoms with van der Waals surface area (Å²) in [4.78, 5) is 15.7. The molecule has 0 bridgehead atoms. The number of fused-ring (bicyclic) bond motifs is 1. The fraction of sp³-hybridized carbons (Fsp3) is 0.462. The smallest absolute Gasteiger partial charge is 0.336 e. The third-order valence-electron chi connectivity index (χ3n) is 3.28. The number of rotatable bonds is 3. The lowest BCUT2D eigenvalue weighted by atomic mass is 10.0. The average molecular weight is 246 g/mol. The largest absolute Gasteiger partial charge is 0.478 e. The minimum Gasteiger partial charge on any atom is -0.478 e. The highest BCUT2D eigenvalue weighted by molar-refractivity contribution is 6.02. The van der Waals surface area contributed by atoms with Gasteiger partial charge in [0, 0.05) is 11.6 Å². The summed E-state index contributed by atoms with van der Waals surface area (Å²) in [6, 6.07) is 1.64. The van der Waals surface area contributed by atoms with Crippen molar-refractivity contribution in [1.82, 2.24) is 10.1 Å². The molecule has 5 heteroatoms. The van der Waals surface area contributed by atoms with Crippen molar-refractivity contribution in [3.05, 3.63) is 23.0 Å². The second-order valence-electron chi connectivity index (χ2n) is 5.08. The monoisotopic (exact) mass is 246 g/mol. The Kier molecular flexibility index (Phi) is 2.36. The van der Waals surface area contributed by atoms with Crippen LogP contribution in [0.25, 0.3) is 11.1 Å². The van der Waals surface area contributed by atoms with Gasteiger partial charge in [-0.1, -0.05) is 19.0 Å². The van der Waals surface area contributed by atoms with Crippen molar-refractivity contribution in [1.29, 1.82) is 0 Å². The van der Waals surface area contributed by atoms with Gasteiger partial charge in [-0.25, -0.2) is 9.78 Å². The molecule has 0 spiro atoms. The van der Waals surface area contributed by atoms with Crippen molar-refractivity contribution in [3.63, 3.8) is 0 Å². The maximum absolute atomic E-state index is 11.4. The molecular formula is C13H14N2O3. The highest BCUT2D eigenvalue weighted by Gasteiger charge is 2.32. The fourth-order valence-electron chi connectivity index (χ4n) is 2.09. The predicted molar refractivity (Wildman–Crippen MR) is 64.8 cm³/mol. The summed E-state index contributed by atoms with van der Waals surface area (Å²) >= 11 is 0. The normalized spacial score (nSPS) is 15.5. The highest BCUT2D eigenvalue weighted by atomic mass is 16.5. The predicted octanol–water partition coefficient (Wildman–Crippen LogP) is 2.92. The molecule has 18 heavy (non-hydrogen) atoms. The van der Waals surface area contributed by atoms with Gasteiger partial charge in [-0.05, 0) is 24.8 Å².